The van der Waals surface area contributed by atoms with Crippen molar-refractivity contribution in [2.45, 2.75) is 38.8 Å². The van der Waals surface area contributed by atoms with Crippen molar-refractivity contribution in [2.24, 2.45) is 11.8 Å². The summed E-state index contributed by atoms with van der Waals surface area (Å²) in [5.41, 5.74) is -1.72. The number of carbonyl (C=O) groups excluding carboxylic acids is 1. The zero-order chi connectivity index (χ0) is 26.3. The van der Waals surface area contributed by atoms with Gasteiger partial charge < -0.3 is 10.2 Å². The second-order valence-corrected chi connectivity index (χ2v) is 10.6. The molecule has 2 atom stereocenters. The van der Waals surface area contributed by atoms with Crippen LogP contribution in [0.15, 0.2) is 24.3 Å². The molecule has 196 valence electrons. The number of halogens is 5. The summed E-state index contributed by atoms with van der Waals surface area (Å²) in [4.78, 5) is 24.5. The molecule has 2 aliphatic rings. The van der Waals surface area contributed by atoms with Gasteiger partial charge in [-0.05, 0) is 30.4 Å². The summed E-state index contributed by atoms with van der Waals surface area (Å²) in [6.45, 7) is 9.07. The Labute approximate surface area is 206 Å². The molecule has 1 aliphatic heterocycles. The number of nitrogens with zero attached hydrogens (tertiary/aromatic N) is 4. The molecule has 1 N–H and O–H groups in total. The molecule has 2 aromatic rings. The predicted molar refractivity (Wildman–Crippen MR) is 125 cm³/mol. The fourth-order valence-electron chi connectivity index (χ4n) is 4.34. The maximum absolute atomic E-state index is 13.8. The average Bonchev–Trinajstić information content (AvgIpc) is 3.54. The van der Waals surface area contributed by atoms with E-state index in [-0.39, 0.29) is 17.3 Å². The topological polar surface area (TPSA) is 61.4 Å². The summed E-state index contributed by atoms with van der Waals surface area (Å²) in [7, 11) is 0. The second kappa shape index (κ2) is 9.91. The number of rotatable bonds is 6. The fourth-order valence-corrected chi connectivity index (χ4v) is 4.34. The van der Waals surface area contributed by atoms with Gasteiger partial charge in [0.2, 0.25) is 0 Å². The molecule has 1 amide bonds. The van der Waals surface area contributed by atoms with Crippen molar-refractivity contribution in [3.8, 4) is 0 Å². The van der Waals surface area contributed by atoms with Crippen LogP contribution in [-0.2, 0) is 11.6 Å². The van der Waals surface area contributed by atoms with Gasteiger partial charge in [-0.25, -0.2) is 18.7 Å². The van der Waals surface area contributed by atoms with Crippen LogP contribution >= 0.6 is 0 Å². The highest BCUT2D eigenvalue weighted by molar-refractivity contribution is 5.94. The molecule has 2 fully saturated rings. The minimum Gasteiger partial charge on any atom is -0.354 e. The van der Waals surface area contributed by atoms with Crippen LogP contribution in [0.1, 0.15) is 49.1 Å². The predicted octanol–water partition coefficient (Wildman–Crippen LogP) is 4.26. The van der Waals surface area contributed by atoms with Crippen LogP contribution in [0.2, 0.25) is 0 Å². The summed E-state index contributed by atoms with van der Waals surface area (Å²) in [5.74, 6) is -1.07. The van der Waals surface area contributed by atoms with E-state index in [1.165, 1.54) is 0 Å². The molecule has 4 rings (SSSR count). The molecule has 2 heterocycles. The quantitative estimate of drug-likeness (QED) is 0.588. The summed E-state index contributed by atoms with van der Waals surface area (Å²) in [5, 5.41) is 2.72. The van der Waals surface area contributed by atoms with Crippen LogP contribution in [0.3, 0.4) is 0 Å². The van der Waals surface area contributed by atoms with Crippen LogP contribution in [0.25, 0.3) is 0 Å². The lowest BCUT2D eigenvalue weighted by Crippen LogP contribution is -2.47. The van der Waals surface area contributed by atoms with Gasteiger partial charge in [-0.1, -0.05) is 20.8 Å². The van der Waals surface area contributed by atoms with E-state index in [9.17, 15) is 26.7 Å². The van der Waals surface area contributed by atoms with Gasteiger partial charge in [-0.2, -0.15) is 13.2 Å². The first kappa shape index (κ1) is 26.2. The van der Waals surface area contributed by atoms with E-state index in [0.29, 0.717) is 50.5 Å². The third-order valence-electron chi connectivity index (χ3n) is 6.63. The summed E-state index contributed by atoms with van der Waals surface area (Å²) < 4.78 is 67.1. The van der Waals surface area contributed by atoms with Crippen molar-refractivity contribution < 1.29 is 26.7 Å². The number of piperazine rings is 1. The van der Waals surface area contributed by atoms with Crippen LogP contribution in [0, 0.1) is 23.5 Å². The zero-order valence-electron chi connectivity index (χ0n) is 20.5. The van der Waals surface area contributed by atoms with Gasteiger partial charge in [-0.3, -0.25) is 9.69 Å². The van der Waals surface area contributed by atoms with E-state index in [1.54, 1.807) is 20.8 Å². The van der Waals surface area contributed by atoms with Crippen molar-refractivity contribution in [2.75, 3.05) is 44.2 Å². The number of amides is 1. The molecule has 0 spiro atoms. The number of nitrogens with one attached hydrogen (secondary N) is 1. The molecular formula is C25H30F5N5O. The monoisotopic (exact) mass is 511 g/mol. The first-order valence-corrected chi connectivity index (χ1v) is 12.0. The van der Waals surface area contributed by atoms with E-state index in [4.69, 9.17) is 0 Å². The number of anilines is 1. The van der Waals surface area contributed by atoms with Gasteiger partial charge >= 0.3 is 6.18 Å². The SMILES string of the molecule is CC(C)(C)c1nc(N2CCN(CC3CC3CNC(=O)c3ccc(F)cc3F)CC2)cc(C(F)(F)F)n1. The Morgan fingerprint density at radius 3 is 2.33 bits per heavy atom. The first-order chi connectivity index (χ1) is 16.8. The maximum atomic E-state index is 13.8. The van der Waals surface area contributed by atoms with Crippen molar-refractivity contribution in [1.29, 1.82) is 0 Å². The molecule has 1 saturated heterocycles. The Kier molecular flexibility index (Phi) is 7.23. The molecule has 1 aromatic heterocycles. The number of aromatic nitrogens is 2. The van der Waals surface area contributed by atoms with E-state index in [2.05, 4.69) is 20.2 Å². The molecule has 36 heavy (non-hydrogen) atoms. The van der Waals surface area contributed by atoms with Gasteiger partial charge in [0, 0.05) is 56.8 Å². The van der Waals surface area contributed by atoms with Crippen molar-refractivity contribution in [1.82, 2.24) is 20.2 Å². The van der Waals surface area contributed by atoms with E-state index in [0.717, 1.165) is 31.2 Å². The Hall–Kier alpha value is -2.82. The van der Waals surface area contributed by atoms with Crippen molar-refractivity contribution in [3.05, 3.63) is 53.0 Å². The molecule has 0 bridgehead atoms. The second-order valence-electron chi connectivity index (χ2n) is 10.6. The molecule has 1 aromatic carbocycles. The molecule has 2 unspecified atom stereocenters. The van der Waals surface area contributed by atoms with Gasteiger partial charge in [0.15, 0.2) is 0 Å². The minimum atomic E-state index is -4.54. The summed E-state index contributed by atoms with van der Waals surface area (Å²) in [6.07, 6.45) is -3.61. The van der Waals surface area contributed by atoms with Crippen LogP contribution in [-0.4, -0.2) is 60.0 Å². The smallest absolute Gasteiger partial charge is 0.354 e. The summed E-state index contributed by atoms with van der Waals surface area (Å²) in [6, 6.07) is 3.88. The average molecular weight is 512 g/mol. The van der Waals surface area contributed by atoms with Crippen LogP contribution in [0.4, 0.5) is 27.8 Å². The van der Waals surface area contributed by atoms with E-state index in [1.807, 2.05) is 4.90 Å². The van der Waals surface area contributed by atoms with Crippen LogP contribution < -0.4 is 10.2 Å². The van der Waals surface area contributed by atoms with Crippen molar-refractivity contribution in [3.63, 3.8) is 0 Å². The molecule has 1 aliphatic carbocycles. The number of alkyl halides is 3. The standard InChI is InChI=1S/C25H30F5N5O/c1-24(2,3)23-32-20(25(28,29)30)12-21(33-23)35-8-6-34(7-9-35)14-16-10-15(16)13-31-22(36)18-5-4-17(26)11-19(18)27/h4-5,11-12,15-16H,6-10,13-14H2,1-3H3,(H,31,36). The zero-order valence-corrected chi connectivity index (χ0v) is 20.5. The van der Waals surface area contributed by atoms with Gasteiger partial charge in [-0.15, -0.1) is 0 Å². The molecule has 6 nitrogen and oxygen atoms in total. The Bertz CT molecular complexity index is 1080. The largest absolute Gasteiger partial charge is 0.433 e. The number of hydrogen-bond donors (Lipinski definition) is 1. The number of carbonyl (C=O) groups is 1. The molecule has 11 heteroatoms. The third kappa shape index (κ3) is 6.29. The van der Waals surface area contributed by atoms with E-state index < -0.39 is 34.8 Å². The minimum absolute atomic E-state index is 0.165. The lowest BCUT2D eigenvalue weighted by atomic mass is 9.95. The lowest BCUT2D eigenvalue weighted by molar-refractivity contribution is -0.141. The molecule has 0 radical (unpaired) electrons. The highest BCUT2D eigenvalue weighted by Crippen LogP contribution is 2.39. The number of benzene rings is 1. The Morgan fingerprint density at radius 1 is 1.03 bits per heavy atom. The summed E-state index contributed by atoms with van der Waals surface area (Å²) >= 11 is 0. The van der Waals surface area contributed by atoms with Gasteiger partial charge in [0.05, 0.1) is 5.56 Å². The maximum Gasteiger partial charge on any atom is 0.433 e. The third-order valence-corrected chi connectivity index (χ3v) is 6.63. The Balaban J connectivity index is 1.27. The Morgan fingerprint density at radius 2 is 1.72 bits per heavy atom. The normalized spacial score (nSPS) is 20.9. The molecule has 1 saturated carbocycles. The van der Waals surface area contributed by atoms with Gasteiger partial charge in [0.25, 0.3) is 5.91 Å². The number of hydrogen-bond acceptors (Lipinski definition) is 5. The highest BCUT2D eigenvalue weighted by atomic mass is 19.4. The highest BCUT2D eigenvalue weighted by Gasteiger charge is 2.39. The van der Waals surface area contributed by atoms with Gasteiger partial charge in [0.1, 0.15) is 29.0 Å². The lowest BCUT2D eigenvalue weighted by Gasteiger charge is -2.36. The first-order valence-electron chi connectivity index (χ1n) is 12.0. The fraction of sp³-hybridized carbons (Fsp3) is 0.560. The van der Waals surface area contributed by atoms with Crippen molar-refractivity contribution >= 4 is 11.7 Å². The van der Waals surface area contributed by atoms with E-state index >= 15 is 0 Å². The van der Waals surface area contributed by atoms with Crippen LogP contribution in [0.5, 0.6) is 0 Å². The molecular weight excluding hydrogens is 481 g/mol.